The Balaban J connectivity index is 0.000001000. The fraction of sp³-hybridized carbons (Fsp3) is 0.286. The summed E-state index contributed by atoms with van der Waals surface area (Å²) in [4.78, 5) is 16.3. The predicted molar refractivity (Wildman–Crippen MR) is 85.6 cm³/mol. The number of hydrogen-bond acceptors (Lipinski definition) is 3. The zero-order chi connectivity index (χ0) is 12.6. The molecule has 3 rings (SSSR count). The van der Waals surface area contributed by atoms with E-state index >= 15 is 0 Å². The number of carbonyl (C=O) groups is 1. The number of halogens is 2. The van der Waals surface area contributed by atoms with Crippen molar-refractivity contribution >= 4 is 47.3 Å². The number of carbonyl (C=O) groups excluding carboxylic acids is 1. The van der Waals surface area contributed by atoms with Gasteiger partial charge in [0.05, 0.1) is 22.9 Å². The van der Waals surface area contributed by atoms with Crippen LogP contribution in [-0.4, -0.2) is 16.4 Å². The maximum Gasteiger partial charge on any atom is 0.244 e. The molecule has 0 radical (unpaired) electrons. The molecule has 1 amide bonds. The van der Waals surface area contributed by atoms with E-state index in [1.807, 2.05) is 30.3 Å². The molecule has 1 aromatic heterocycles. The molecule has 1 fully saturated rings. The van der Waals surface area contributed by atoms with E-state index in [0.29, 0.717) is 5.69 Å². The molecule has 3 N–H and O–H groups in total. The lowest BCUT2D eigenvalue weighted by molar-refractivity contribution is -0.123. The lowest BCUT2D eigenvalue weighted by Gasteiger charge is -2.36. The largest absolute Gasteiger partial charge is 0.323 e. The van der Waals surface area contributed by atoms with Gasteiger partial charge < -0.3 is 11.1 Å². The number of pyridine rings is 1. The van der Waals surface area contributed by atoms with Crippen molar-refractivity contribution in [3.8, 4) is 0 Å². The standard InChI is InChI=1S/C14H15N3O.2ClH/c15-14(6-3-7-14)13(18)17-11-8-10-4-1-2-5-12(10)16-9-11;;/h1-2,4-5,8-9H,3,6-7,15H2,(H,17,18);2*1H. The molecule has 108 valence electrons. The predicted octanol–water partition coefficient (Wildman–Crippen LogP) is 2.90. The Morgan fingerprint density at radius 1 is 1.25 bits per heavy atom. The second-order valence-electron chi connectivity index (χ2n) is 4.88. The summed E-state index contributed by atoms with van der Waals surface area (Å²) < 4.78 is 0. The summed E-state index contributed by atoms with van der Waals surface area (Å²) in [6.07, 6.45) is 4.22. The topological polar surface area (TPSA) is 68.0 Å². The zero-order valence-electron chi connectivity index (χ0n) is 10.8. The van der Waals surface area contributed by atoms with Crippen LogP contribution in [0.5, 0.6) is 0 Å². The summed E-state index contributed by atoms with van der Waals surface area (Å²) in [6, 6.07) is 9.72. The van der Waals surface area contributed by atoms with E-state index in [1.165, 1.54) is 0 Å². The average Bonchev–Trinajstić information content (AvgIpc) is 2.35. The van der Waals surface area contributed by atoms with Crippen LogP contribution in [-0.2, 0) is 4.79 Å². The van der Waals surface area contributed by atoms with E-state index in [9.17, 15) is 4.79 Å². The molecule has 4 nitrogen and oxygen atoms in total. The third kappa shape index (κ3) is 3.03. The van der Waals surface area contributed by atoms with Gasteiger partial charge >= 0.3 is 0 Å². The number of benzene rings is 1. The fourth-order valence-electron chi connectivity index (χ4n) is 2.18. The number of aromatic nitrogens is 1. The minimum absolute atomic E-state index is 0. The molecule has 0 unspecified atom stereocenters. The van der Waals surface area contributed by atoms with Gasteiger partial charge in [-0.25, -0.2) is 0 Å². The van der Waals surface area contributed by atoms with Crippen LogP contribution in [0.2, 0.25) is 0 Å². The molecule has 20 heavy (non-hydrogen) atoms. The van der Waals surface area contributed by atoms with Crippen molar-refractivity contribution in [2.75, 3.05) is 5.32 Å². The molecule has 0 aliphatic heterocycles. The van der Waals surface area contributed by atoms with Gasteiger partial charge in [-0.15, -0.1) is 24.8 Å². The molecule has 0 bridgehead atoms. The number of nitrogens with one attached hydrogen (secondary N) is 1. The minimum atomic E-state index is -0.675. The molecule has 1 aliphatic rings. The SMILES string of the molecule is Cl.Cl.NC1(C(=O)Nc2cnc3ccccc3c2)CCC1. The van der Waals surface area contributed by atoms with Crippen LogP contribution in [0.3, 0.4) is 0 Å². The molecule has 6 heteroatoms. The smallest absolute Gasteiger partial charge is 0.244 e. The molecule has 1 saturated carbocycles. The molecular weight excluding hydrogens is 297 g/mol. The van der Waals surface area contributed by atoms with Crippen LogP contribution in [0.4, 0.5) is 5.69 Å². The van der Waals surface area contributed by atoms with E-state index in [4.69, 9.17) is 5.73 Å². The van der Waals surface area contributed by atoms with Crippen LogP contribution in [0, 0.1) is 0 Å². The van der Waals surface area contributed by atoms with Gasteiger partial charge in [0.15, 0.2) is 0 Å². The van der Waals surface area contributed by atoms with Gasteiger partial charge in [-0.3, -0.25) is 9.78 Å². The van der Waals surface area contributed by atoms with Crippen LogP contribution >= 0.6 is 24.8 Å². The number of hydrogen-bond donors (Lipinski definition) is 2. The number of amides is 1. The highest BCUT2D eigenvalue weighted by Crippen LogP contribution is 2.30. The van der Waals surface area contributed by atoms with Gasteiger partial charge in [0.25, 0.3) is 0 Å². The molecule has 1 aromatic carbocycles. The van der Waals surface area contributed by atoms with Crippen molar-refractivity contribution in [1.29, 1.82) is 0 Å². The summed E-state index contributed by atoms with van der Waals surface area (Å²) in [6.45, 7) is 0. The first-order chi connectivity index (χ1) is 8.67. The van der Waals surface area contributed by atoms with Crippen molar-refractivity contribution in [2.45, 2.75) is 24.8 Å². The van der Waals surface area contributed by atoms with Gasteiger partial charge in [-0.05, 0) is 31.4 Å². The molecule has 1 heterocycles. The fourth-order valence-corrected chi connectivity index (χ4v) is 2.18. The monoisotopic (exact) mass is 313 g/mol. The molecule has 0 spiro atoms. The van der Waals surface area contributed by atoms with Gasteiger partial charge in [0, 0.05) is 5.39 Å². The summed E-state index contributed by atoms with van der Waals surface area (Å²) in [5, 5.41) is 3.86. The first-order valence-electron chi connectivity index (χ1n) is 6.13. The van der Waals surface area contributed by atoms with Gasteiger partial charge in [0.2, 0.25) is 5.91 Å². The Morgan fingerprint density at radius 2 is 1.95 bits per heavy atom. The zero-order valence-corrected chi connectivity index (χ0v) is 12.5. The number of para-hydroxylation sites is 1. The molecule has 1 aliphatic carbocycles. The van der Waals surface area contributed by atoms with Crippen LogP contribution in [0.1, 0.15) is 19.3 Å². The molecular formula is C14H17Cl2N3O. The normalized spacial score (nSPS) is 15.4. The molecule has 0 saturated heterocycles. The lowest BCUT2D eigenvalue weighted by atomic mass is 9.77. The van der Waals surface area contributed by atoms with E-state index in [0.717, 1.165) is 30.2 Å². The van der Waals surface area contributed by atoms with Crippen molar-refractivity contribution in [1.82, 2.24) is 4.98 Å². The second-order valence-corrected chi connectivity index (χ2v) is 4.88. The van der Waals surface area contributed by atoms with E-state index < -0.39 is 5.54 Å². The first-order valence-corrected chi connectivity index (χ1v) is 6.13. The van der Waals surface area contributed by atoms with Crippen LogP contribution in [0.25, 0.3) is 10.9 Å². The third-order valence-corrected chi connectivity index (χ3v) is 3.55. The maximum absolute atomic E-state index is 12.0. The van der Waals surface area contributed by atoms with Crippen molar-refractivity contribution < 1.29 is 4.79 Å². The summed E-state index contributed by atoms with van der Waals surface area (Å²) in [5.74, 6) is -0.106. The molecule has 2 aromatic rings. The van der Waals surface area contributed by atoms with Gasteiger partial charge in [-0.2, -0.15) is 0 Å². The Kier molecular flexibility index (Phi) is 5.34. The quantitative estimate of drug-likeness (QED) is 0.895. The Morgan fingerprint density at radius 3 is 2.60 bits per heavy atom. The maximum atomic E-state index is 12.0. The highest BCUT2D eigenvalue weighted by atomic mass is 35.5. The number of nitrogens with two attached hydrogens (primary N) is 1. The van der Waals surface area contributed by atoms with Crippen molar-refractivity contribution in [2.24, 2.45) is 5.73 Å². The summed E-state index contributed by atoms with van der Waals surface area (Å²) >= 11 is 0. The highest BCUT2D eigenvalue weighted by molar-refractivity contribution is 5.99. The summed E-state index contributed by atoms with van der Waals surface area (Å²) in [5.41, 5.74) is 6.92. The van der Waals surface area contributed by atoms with Crippen LogP contribution in [0.15, 0.2) is 36.5 Å². The van der Waals surface area contributed by atoms with E-state index in [1.54, 1.807) is 6.20 Å². The Bertz CT molecular complexity index is 614. The van der Waals surface area contributed by atoms with Crippen molar-refractivity contribution in [3.63, 3.8) is 0 Å². The van der Waals surface area contributed by atoms with Gasteiger partial charge in [0.1, 0.15) is 0 Å². The lowest BCUT2D eigenvalue weighted by Crippen LogP contribution is -2.56. The highest BCUT2D eigenvalue weighted by Gasteiger charge is 2.40. The Labute approximate surface area is 130 Å². The van der Waals surface area contributed by atoms with Gasteiger partial charge in [-0.1, -0.05) is 18.2 Å². The summed E-state index contributed by atoms with van der Waals surface area (Å²) in [7, 11) is 0. The van der Waals surface area contributed by atoms with E-state index in [2.05, 4.69) is 10.3 Å². The second kappa shape index (κ2) is 6.39. The number of nitrogens with zero attached hydrogens (tertiary/aromatic N) is 1. The van der Waals surface area contributed by atoms with E-state index in [-0.39, 0.29) is 30.7 Å². The number of anilines is 1. The Hall–Kier alpha value is -1.36. The molecule has 0 atom stereocenters. The van der Waals surface area contributed by atoms with Crippen LogP contribution < -0.4 is 11.1 Å². The average molecular weight is 314 g/mol. The first kappa shape index (κ1) is 16.7. The number of fused-ring (bicyclic) bond motifs is 1. The number of rotatable bonds is 2. The third-order valence-electron chi connectivity index (χ3n) is 3.55. The van der Waals surface area contributed by atoms with Crippen molar-refractivity contribution in [3.05, 3.63) is 36.5 Å². The minimum Gasteiger partial charge on any atom is -0.323 e.